The van der Waals surface area contributed by atoms with Crippen LogP contribution in [0.5, 0.6) is 0 Å². The highest BCUT2D eigenvalue weighted by molar-refractivity contribution is 5.84. The summed E-state index contributed by atoms with van der Waals surface area (Å²) in [5, 5.41) is 4.11. The summed E-state index contributed by atoms with van der Waals surface area (Å²) >= 11 is 0. The first-order chi connectivity index (χ1) is 12.5. The van der Waals surface area contributed by atoms with E-state index >= 15 is 0 Å². The number of rotatable bonds is 6. The van der Waals surface area contributed by atoms with Gasteiger partial charge in [0, 0.05) is 55.7 Å². The van der Waals surface area contributed by atoms with Crippen LogP contribution in [0.2, 0.25) is 0 Å². The average molecular weight is 356 g/mol. The molecule has 26 heavy (non-hydrogen) atoms. The zero-order valence-corrected chi connectivity index (χ0v) is 15.6. The molecule has 1 saturated heterocycles. The van der Waals surface area contributed by atoms with Crippen molar-refractivity contribution < 1.29 is 9.59 Å². The summed E-state index contributed by atoms with van der Waals surface area (Å²) in [5.74, 6) is 0.251. The first-order valence-corrected chi connectivity index (χ1v) is 9.37. The second-order valence-corrected chi connectivity index (χ2v) is 7.24. The molecule has 2 amide bonds. The average Bonchev–Trinajstić information content (AvgIpc) is 3.03. The predicted octanol–water partition coefficient (Wildman–Crippen LogP) is 1.77. The van der Waals surface area contributed by atoms with Crippen molar-refractivity contribution in [3.8, 4) is 0 Å². The van der Waals surface area contributed by atoms with Gasteiger partial charge in [-0.2, -0.15) is 0 Å². The van der Waals surface area contributed by atoms with E-state index in [1.165, 1.54) is 10.9 Å². The van der Waals surface area contributed by atoms with Gasteiger partial charge in [-0.25, -0.2) is 0 Å². The number of aromatic amines is 1. The largest absolute Gasteiger partial charge is 0.361 e. The fourth-order valence-electron chi connectivity index (χ4n) is 3.46. The Kier molecular flexibility index (Phi) is 5.93. The van der Waals surface area contributed by atoms with Crippen LogP contribution in [0.4, 0.5) is 0 Å². The summed E-state index contributed by atoms with van der Waals surface area (Å²) < 4.78 is 0. The molecule has 1 aromatic carbocycles. The van der Waals surface area contributed by atoms with Crippen LogP contribution in [-0.2, 0) is 16.0 Å². The number of aryl methyl sites for hydroxylation is 1. The van der Waals surface area contributed by atoms with Gasteiger partial charge in [0.05, 0.1) is 6.54 Å². The molecule has 6 heteroatoms. The van der Waals surface area contributed by atoms with Gasteiger partial charge < -0.3 is 15.2 Å². The summed E-state index contributed by atoms with van der Waals surface area (Å²) in [4.78, 5) is 31.7. The van der Waals surface area contributed by atoms with Gasteiger partial charge in [-0.1, -0.05) is 18.2 Å². The van der Waals surface area contributed by atoms with Gasteiger partial charge in [-0.15, -0.1) is 0 Å². The van der Waals surface area contributed by atoms with E-state index in [4.69, 9.17) is 0 Å². The van der Waals surface area contributed by atoms with Crippen LogP contribution >= 0.6 is 0 Å². The lowest BCUT2D eigenvalue weighted by Gasteiger charge is -2.34. The lowest BCUT2D eigenvalue weighted by Crippen LogP contribution is -2.51. The highest BCUT2D eigenvalue weighted by Gasteiger charge is 2.22. The molecule has 2 aromatic rings. The van der Waals surface area contributed by atoms with Crippen LogP contribution in [0.3, 0.4) is 0 Å². The molecule has 1 aliphatic rings. The lowest BCUT2D eigenvalue weighted by molar-refractivity contribution is -0.133. The predicted molar refractivity (Wildman–Crippen MR) is 103 cm³/mol. The third-order valence-corrected chi connectivity index (χ3v) is 4.82. The Labute approximate surface area is 154 Å². The topological polar surface area (TPSA) is 68.4 Å². The second-order valence-electron chi connectivity index (χ2n) is 7.24. The summed E-state index contributed by atoms with van der Waals surface area (Å²) in [7, 11) is 0. The standard InChI is InChI=1S/C20H28N4O2/c1-15(2)22-19(25)14-23-9-11-24(12-10-23)20(26)8-7-16-13-21-18-6-4-3-5-17(16)18/h3-6,13,15,21H,7-12,14H2,1-2H3,(H,22,25). The number of piperazine rings is 1. The number of H-pyrrole nitrogens is 1. The quantitative estimate of drug-likeness (QED) is 0.829. The van der Waals surface area contributed by atoms with Crippen LogP contribution in [0, 0.1) is 0 Å². The number of para-hydroxylation sites is 1. The molecule has 140 valence electrons. The van der Waals surface area contributed by atoms with E-state index in [9.17, 15) is 9.59 Å². The first kappa shape index (κ1) is 18.5. The third kappa shape index (κ3) is 4.64. The van der Waals surface area contributed by atoms with Crippen molar-refractivity contribution in [2.75, 3.05) is 32.7 Å². The summed E-state index contributed by atoms with van der Waals surface area (Å²) in [6.45, 7) is 7.23. The molecular weight excluding hydrogens is 328 g/mol. The molecule has 1 fully saturated rings. The highest BCUT2D eigenvalue weighted by Crippen LogP contribution is 2.19. The van der Waals surface area contributed by atoms with Crippen molar-refractivity contribution in [1.82, 2.24) is 20.1 Å². The summed E-state index contributed by atoms with van der Waals surface area (Å²) in [5.41, 5.74) is 2.31. The number of carbonyl (C=O) groups is 2. The zero-order valence-electron chi connectivity index (χ0n) is 15.6. The Hall–Kier alpha value is -2.34. The number of hydrogen-bond acceptors (Lipinski definition) is 3. The normalized spacial score (nSPS) is 15.6. The molecule has 2 heterocycles. The van der Waals surface area contributed by atoms with Crippen LogP contribution in [-0.4, -0.2) is 65.4 Å². The van der Waals surface area contributed by atoms with Crippen molar-refractivity contribution in [2.24, 2.45) is 0 Å². The SMILES string of the molecule is CC(C)NC(=O)CN1CCN(C(=O)CCc2c[nH]c3ccccc23)CC1. The molecule has 0 spiro atoms. The number of carbonyl (C=O) groups excluding carboxylic acids is 2. The fourth-order valence-corrected chi connectivity index (χ4v) is 3.46. The van der Waals surface area contributed by atoms with Crippen LogP contribution in [0.25, 0.3) is 10.9 Å². The number of amides is 2. The van der Waals surface area contributed by atoms with Gasteiger partial charge in [0.25, 0.3) is 0 Å². The van der Waals surface area contributed by atoms with E-state index in [-0.39, 0.29) is 17.9 Å². The van der Waals surface area contributed by atoms with Gasteiger partial charge in [-0.3, -0.25) is 14.5 Å². The first-order valence-electron chi connectivity index (χ1n) is 9.37. The van der Waals surface area contributed by atoms with Gasteiger partial charge in [0.15, 0.2) is 0 Å². The molecule has 0 saturated carbocycles. The Balaban J connectivity index is 1.44. The van der Waals surface area contributed by atoms with Crippen LogP contribution in [0.15, 0.2) is 30.5 Å². The Morgan fingerprint density at radius 3 is 2.62 bits per heavy atom. The van der Waals surface area contributed by atoms with E-state index in [0.717, 1.165) is 25.0 Å². The van der Waals surface area contributed by atoms with Crippen molar-refractivity contribution in [3.63, 3.8) is 0 Å². The van der Waals surface area contributed by atoms with Crippen molar-refractivity contribution >= 4 is 22.7 Å². The number of hydrogen-bond donors (Lipinski definition) is 2. The molecule has 0 unspecified atom stereocenters. The maximum Gasteiger partial charge on any atom is 0.234 e. The number of nitrogens with one attached hydrogen (secondary N) is 2. The van der Waals surface area contributed by atoms with Gasteiger partial charge in [-0.05, 0) is 31.9 Å². The molecule has 6 nitrogen and oxygen atoms in total. The second kappa shape index (κ2) is 8.36. The molecule has 0 radical (unpaired) electrons. The molecule has 3 rings (SSSR count). The molecule has 0 atom stereocenters. The van der Waals surface area contributed by atoms with Crippen LogP contribution in [0.1, 0.15) is 25.8 Å². The van der Waals surface area contributed by atoms with E-state index in [2.05, 4.69) is 27.3 Å². The summed E-state index contributed by atoms with van der Waals surface area (Å²) in [6.07, 6.45) is 3.28. The molecule has 0 bridgehead atoms. The van der Waals surface area contributed by atoms with Crippen LogP contribution < -0.4 is 5.32 Å². The molecule has 1 aromatic heterocycles. The smallest absolute Gasteiger partial charge is 0.234 e. The molecular formula is C20H28N4O2. The Bertz CT molecular complexity index is 760. The lowest BCUT2D eigenvalue weighted by atomic mass is 10.1. The van der Waals surface area contributed by atoms with Crippen molar-refractivity contribution in [3.05, 3.63) is 36.0 Å². The molecule has 0 aliphatic carbocycles. The Morgan fingerprint density at radius 1 is 1.15 bits per heavy atom. The number of fused-ring (bicyclic) bond motifs is 1. The number of benzene rings is 1. The van der Waals surface area contributed by atoms with Crippen molar-refractivity contribution in [1.29, 1.82) is 0 Å². The van der Waals surface area contributed by atoms with E-state index in [1.54, 1.807) is 0 Å². The molecule has 1 aliphatic heterocycles. The van der Waals surface area contributed by atoms with Gasteiger partial charge >= 0.3 is 0 Å². The van der Waals surface area contributed by atoms with Gasteiger partial charge in [0.1, 0.15) is 0 Å². The fraction of sp³-hybridized carbons (Fsp3) is 0.500. The molecule has 2 N–H and O–H groups in total. The van der Waals surface area contributed by atoms with E-state index in [0.29, 0.717) is 26.1 Å². The van der Waals surface area contributed by atoms with Gasteiger partial charge in [0.2, 0.25) is 11.8 Å². The maximum absolute atomic E-state index is 12.5. The van der Waals surface area contributed by atoms with E-state index < -0.39 is 0 Å². The number of nitrogens with zero attached hydrogens (tertiary/aromatic N) is 2. The monoisotopic (exact) mass is 356 g/mol. The van der Waals surface area contributed by atoms with Crippen molar-refractivity contribution in [2.45, 2.75) is 32.7 Å². The number of aromatic nitrogens is 1. The highest BCUT2D eigenvalue weighted by atomic mass is 16.2. The minimum atomic E-state index is 0.0547. The minimum absolute atomic E-state index is 0.0547. The maximum atomic E-state index is 12.5. The van der Waals surface area contributed by atoms with E-state index in [1.807, 2.05) is 37.1 Å². The minimum Gasteiger partial charge on any atom is -0.361 e. The zero-order chi connectivity index (χ0) is 18.5. The third-order valence-electron chi connectivity index (χ3n) is 4.82. The summed E-state index contributed by atoms with van der Waals surface area (Å²) in [6, 6.07) is 8.34. The Morgan fingerprint density at radius 2 is 1.88 bits per heavy atom.